The highest BCUT2D eigenvalue weighted by molar-refractivity contribution is 5.02. The Balaban J connectivity index is 2.19. The van der Waals surface area contributed by atoms with Gasteiger partial charge in [-0.3, -0.25) is 0 Å². The van der Waals surface area contributed by atoms with E-state index in [1.165, 1.54) is 0 Å². The van der Waals surface area contributed by atoms with Gasteiger partial charge in [-0.1, -0.05) is 20.8 Å². The zero-order chi connectivity index (χ0) is 12.9. The molecule has 98 valence electrons. The Morgan fingerprint density at radius 3 is 2.65 bits per heavy atom. The molecule has 1 heterocycles. The van der Waals surface area contributed by atoms with E-state index in [1.807, 2.05) is 12.1 Å². The molecule has 0 spiro atoms. The molecule has 1 aromatic heterocycles. The van der Waals surface area contributed by atoms with Gasteiger partial charge in [0.25, 0.3) is 0 Å². The standard InChI is InChI=1S/C14H26N2O/c1-12(13-7-6-10-17-13)15-8-9-16(5)11-14(2,3)4/h6-7,10,12,15H,8-9,11H2,1-5H3. The summed E-state index contributed by atoms with van der Waals surface area (Å²) in [5.41, 5.74) is 0.362. The van der Waals surface area contributed by atoms with E-state index in [2.05, 4.69) is 45.0 Å². The van der Waals surface area contributed by atoms with E-state index in [-0.39, 0.29) is 6.04 Å². The normalized spacial score (nSPS) is 14.2. The Hall–Kier alpha value is -0.800. The smallest absolute Gasteiger partial charge is 0.120 e. The molecular formula is C14H26N2O. The lowest BCUT2D eigenvalue weighted by Crippen LogP contribution is -2.35. The molecule has 0 aliphatic heterocycles. The number of furan rings is 1. The van der Waals surface area contributed by atoms with Crippen LogP contribution in [0.15, 0.2) is 22.8 Å². The lowest BCUT2D eigenvalue weighted by atomic mass is 9.96. The predicted octanol–water partition coefficient (Wildman–Crippen LogP) is 2.91. The van der Waals surface area contributed by atoms with Gasteiger partial charge in [-0.25, -0.2) is 0 Å². The molecular weight excluding hydrogens is 212 g/mol. The minimum absolute atomic E-state index is 0.285. The summed E-state index contributed by atoms with van der Waals surface area (Å²) in [5.74, 6) is 1.00. The number of hydrogen-bond acceptors (Lipinski definition) is 3. The third-order valence-corrected chi connectivity index (χ3v) is 2.66. The molecule has 0 amide bonds. The highest BCUT2D eigenvalue weighted by Crippen LogP contribution is 2.14. The first-order chi connectivity index (χ1) is 7.88. The van der Waals surface area contributed by atoms with Crippen LogP contribution < -0.4 is 5.32 Å². The summed E-state index contributed by atoms with van der Waals surface area (Å²) in [6, 6.07) is 4.23. The molecule has 1 N–H and O–H groups in total. The van der Waals surface area contributed by atoms with E-state index in [0.29, 0.717) is 5.41 Å². The number of nitrogens with zero attached hydrogens (tertiary/aromatic N) is 1. The van der Waals surface area contributed by atoms with Crippen LogP contribution in [0.5, 0.6) is 0 Å². The van der Waals surface area contributed by atoms with Gasteiger partial charge in [0.15, 0.2) is 0 Å². The van der Waals surface area contributed by atoms with Gasteiger partial charge >= 0.3 is 0 Å². The van der Waals surface area contributed by atoms with Gasteiger partial charge in [0.2, 0.25) is 0 Å². The van der Waals surface area contributed by atoms with Crippen LogP contribution in [0.3, 0.4) is 0 Å². The molecule has 1 unspecified atom stereocenters. The molecule has 0 bridgehead atoms. The van der Waals surface area contributed by atoms with Crippen LogP contribution in [-0.4, -0.2) is 31.6 Å². The average Bonchev–Trinajstić information content (AvgIpc) is 2.66. The van der Waals surface area contributed by atoms with E-state index in [0.717, 1.165) is 25.4 Å². The topological polar surface area (TPSA) is 28.4 Å². The Bertz CT molecular complexity index is 301. The molecule has 1 atom stereocenters. The molecule has 3 heteroatoms. The lowest BCUT2D eigenvalue weighted by molar-refractivity contribution is 0.224. The molecule has 17 heavy (non-hydrogen) atoms. The van der Waals surface area contributed by atoms with Crippen molar-refractivity contribution in [2.75, 3.05) is 26.7 Å². The second-order valence-corrected chi connectivity index (χ2v) is 5.99. The molecule has 3 nitrogen and oxygen atoms in total. The van der Waals surface area contributed by atoms with E-state index in [4.69, 9.17) is 4.42 Å². The Kier molecular flexibility index (Phi) is 5.22. The Morgan fingerprint density at radius 1 is 1.41 bits per heavy atom. The van der Waals surface area contributed by atoms with Crippen molar-refractivity contribution in [2.45, 2.75) is 33.7 Å². The highest BCUT2D eigenvalue weighted by Gasteiger charge is 2.13. The summed E-state index contributed by atoms with van der Waals surface area (Å²) < 4.78 is 5.36. The van der Waals surface area contributed by atoms with Crippen molar-refractivity contribution in [3.8, 4) is 0 Å². The van der Waals surface area contributed by atoms with Gasteiger partial charge < -0.3 is 14.6 Å². The molecule has 0 radical (unpaired) electrons. The van der Waals surface area contributed by atoms with Crippen molar-refractivity contribution in [3.63, 3.8) is 0 Å². The minimum Gasteiger partial charge on any atom is -0.468 e. The molecule has 0 saturated carbocycles. The first kappa shape index (κ1) is 14.3. The maximum atomic E-state index is 5.36. The fourth-order valence-electron chi connectivity index (χ4n) is 2.00. The number of rotatable bonds is 6. The summed E-state index contributed by atoms with van der Waals surface area (Å²) in [6.45, 7) is 12.1. The maximum Gasteiger partial charge on any atom is 0.120 e. The first-order valence-electron chi connectivity index (χ1n) is 6.34. The maximum absolute atomic E-state index is 5.36. The molecule has 0 aromatic carbocycles. The van der Waals surface area contributed by atoms with Gasteiger partial charge in [0, 0.05) is 19.6 Å². The second-order valence-electron chi connectivity index (χ2n) is 5.99. The fraction of sp³-hybridized carbons (Fsp3) is 0.714. The summed E-state index contributed by atoms with van der Waals surface area (Å²) in [5, 5.41) is 3.47. The largest absolute Gasteiger partial charge is 0.468 e. The van der Waals surface area contributed by atoms with Crippen LogP contribution in [0.25, 0.3) is 0 Å². The average molecular weight is 238 g/mol. The van der Waals surface area contributed by atoms with Crippen LogP contribution in [0.4, 0.5) is 0 Å². The Morgan fingerprint density at radius 2 is 2.12 bits per heavy atom. The molecule has 0 aliphatic rings. The van der Waals surface area contributed by atoms with Crippen LogP contribution in [0, 0.1) is 5.41 Å². The number of nitrogens with one attached hydrogen (secondary N) is 1. The second kappa shape index (κ2) is 6.22. The Labute approximate surface area is 105 Å². The number of hydrogen-bond donors (Lipinski definition) is 1. The first-order valence-corrected chi connectivity index (χ1v) is 6.34. The van der Waals surface area contributed by atoms with Crippen molar-refractivity contribution in [1.82, 2.24) is 10.2 Å². The van der Waals surface area contributed by atoms with Crippen molar-refractivity contribution in [2.24, 2.45) is 5.41 Å². The van der Waals surface area contributed by atoms with Crippen LogP contribution in [-0.2, 0) is 0 Å². The summed E-state index contributed by atoms with van der Waals surface area (Å²) >= 11 is 0. The quantitative estimate of drug-likeness (QED) is 0.826. The molecule has 0 fully saturated rings. The highest BCUT2D eigenvalue weighted by atomic mass is 16.3. The van der Waals surface area contributed by atoms with Crippen molar-refractivity contribution in [1.29, 1.82) is 0 Å². The van der Waals surface area contributed by atoms with Gasteiger partial charge in [-0.2, -0.15) is 0 Å². The lowest BCUT2D eigenvalue weighted by Gasteiger charge is -2.26. The van der Waals surface area contributed by atoms with E-state index in [1.54, 1.807) is 6.26 Å². The fourth-order valence-corrected chi connectivity index (χ4v) is 2.00. The van der Waals surface area contributed by atoms with Crippen molar-refractivity contribution >= 4 is 0 Å². The zero-order valence-corrected chi connectivity index (χ0v) is 11.8. The van der Waals surface area contributed by atoms with Gasteiger partial charge in [0.1, 0.15) is 5.76 Å². The van der Waals surface area contributed by atoms with Crippen LogP contribution in [0.2, 0.25) is 0 Å². The van der Waals surface area contributed by atoms with E-state index >= 15 is 0 Å². The van der Waals surface area contributed by atoms with E-state index in [9.17, 15) is 0 Å². The third kappa shape index (κ3) is 5.89. The molecule has 0 saturated heterocycles. The molecule has 1 rings (SSSR count). The SMILES string of the molecule is CC(NCCN(C)CC(C)(C)C)c1ccco1. The van der Waals surface area contributed by atoms with E-state index < -0.39 is 0 Å². The molecule has 1 aromatic rings. The zero-order valence-electron chi connectivity index (χ0n) is 11.8. The number of likely N-dealkylation sites (N-methyl/N-ethyl adjacent to an activating group) is 1. The summed E-state index contributed by atoms with van der Waals surface area (Å²) in [7, 11) is 2.17. The van der Waals surface area contributed by atoms with Crippen LogP contribution in [0.1, 0.15) is 39.5 Å². The van der Waals surface area contributed by atoms with Gasteiger partial charge in [-0.15, -0.1) is 0 Å². The summed E-state index contributed by atoms with van der Waals surface area (Å²) in [4.78, 5) is 2.36. The van der Waals surface area contributed by atoms with Crippen LogP contribution >= 0.6 is 0 Å². The molecule has 0 aliphatic carbocycles. The third-order valence-electron chi connectivity index (χ3n) is 2.66. The van der Waals surface area contributed by atoms with Gasteiger partial charge in [0.05, 0.1) is 12.3 Å². The summed E-state index contributed by atoms with van der Waals surface area (Å²) in [6.07, 6.45) is 1.72. The van der Waals surface area contributed by atoms with Crippen molar-refractivity contribution < 1.29 is 4.42 Å². The van der Waals surface area contributed by atoms with Crippen molar-refractivity contribution in [3.05, 3.63) is 24.2 Å². The predicted molar refractivity (Wildman–Crippen MR) is 72.1 cm³/mol. The van der Waals surface area contributed by atoms with Gasteiger partial charge in [-0.05, 0) is 31.5 Å². The minimum atomic E-state index is 0.285. The monoisotopic (exact) mass is 238 g/mol.